The van der Waals surface area contributed by atoms with Crippen LogP contribution >= 0.6 is 0 Å². The number of carbonyl (C=O) groups excluding carboxylic acids is 1. The van der Waals surface area contributed by atoms with Crippen molar-refractivity contribution in [2.24, 2.45) is 18.4 Å². The molecule has 1 aromatic heterocycles. The zero-order valence-electron chi connectivity index (χ0n) is 14.5. The van der Waals surface area contributed by atoms with E-state index in [0.29, 0.717) is 23.1 Å². The Kier molecular flexibility index (Phi) is 3.35. The Bertz CT molecular complexity index is 683. The lowest BCUT2D eigenvalue weighted by atomic mass is 9.62. The van der Waals surface area contributed by atoms with Crippen LogP contribution in [0.4, 0.5) is 14.6 Å². The fraction of sp³-hybridized carbons (Fsp3) is 0.778. The number of carbonyl (C=O) groups is 1. The normalized spacial score (nSPS) is 28.1. The summed E-state index contributed by atoms with van der Waals surface area (Å²) in [4.78, 5) is 12.2. The van der Waals surface area contributed by atoms with Gasteiger partial charge >= 0.3 is 0 Å². The minimum atomic E-state index is -2.83. The average Bonchev–Trinajstić information content (AvgIpc) is 2.93. The molecular formula is C18H25F2N3O. The predicted molar refractivity (Wildman–Crippen MR) is 87.2 cm³/mol. The van der Waals surface area contributed by atoms with Crippen LogP contribution in [-0.4, -0.2) is 21.6 Å². The SMILES string of the molecule is Cn1nc(C2CC(C)(C)C2)c(C2CCC2)c1NC(=O)[C@@H]1CC1(F)F. The lowest BCUT2D eigenvalue weighted by Crippen LogP contribution is -2.31. The number of alkyl halides is 2. The molecule has 3 fully saturated rings. The van der Waals surface area contributed by atoms with Crippen LogP contribution in [0, 0.1) is 11.3 Å². The van der Waals surface area contributed by atoms with Crippen LogP contribution in [0.25, 0.3) is 0 Å². The summed E-state index contributed by atoms with van der Waals surface area (Å²) in [6.07, 6.45) is 5.23. The molecule has 0 radical (unpaired) electrons. The van der Waals surface area contributed by atoms with E-state index in [2.05, 4.69) is 24.3 Å². The molecule has 1 N–H and O–H groups in total. The maximum absolute atomic E-state index is 13.2. The largest absolute Gasteiger partial charge is 0.310 e. The van der Waals surface area contributed by atoms with Crippen LogP contribution in [-0.2, 0) is 11.8 Å². The van der Waals surface area contributed by atoms with Crippen molar-refractivity contribution in [2.45, 2.75) is 70.1 Å². The number of aromatic nitrogens is 2. The van der Waals surface area contributed by atoms with E-state index < -0.39 is 17.7 Å². The number of aryl methyl sites for hydroxylation is 1. The van der Waals surface area contributed by atoms with Crippen LogP contribution in [0.1, 0.15) is 75.5 Å². The van der Waals surface area contributed by atoms with E-state index in [4.69, 9.17) is 0 Å². The Morgan fingerprint density at radius 2 is 1.83 bits per heavy atom. The Balaban J connectivity index is 1.61. The van der Waals surface area contributed by atoms with Crippen LogP contribution in [0.15, 0.2) is 0 Å². The van der Waals surface area contributed by atoms with Gasteiger partial charge in [0.25, 0.3) is 5.92 Å². The van der Waals surface area contributed by atoms with Crippen molar-refractivity contribution in [2.75, 3.05) is 5.32 Å². The fourth-order valence-electron chi connectivity index (χ4n) is 4.28. The Morgan fingerprint density at radius 3 is 2.29 bits per heavy atom. The summed E-state index contributed by atoms with van der Waals surface area (Å²) >= 11 is 0. The first-order valence-corrected chi connectivity index (χ1v) is 8.93. The molecule has 1 aromatic rings. The third-order valence-corrected chi connectivity index (χ3v) is 5.99. The first-order chi connectivity index (χ1) is 11.2. The smallest absolute Gasteiger partial charge is 0.260 e. The third kappa shape index (κ3) is 2.54. The number of amides is 1. The number of halogens is 2. The molecule has 0 unspecified atom stereocenters. The quantitative estimate of drug-likeness (QED) is 0.896. The Morgan fingerprint density at radius 1 is 1.21 bits per heavy atom. The number of hydrogen-bond donors (Lipinski definition) is 1. The molecule has 0 aromatic carbocycles. The second-order valence-electron chi connectivity index (χ2n) is 8.68. The van der Waals surface area contributed by atoms with Crippen LogP contribution in [0.2, 0.25) is 0 Å². The van der Waals surface area contributed by atoms with Crippen LogP contribution < -0.4 is 5.32 Å². The molecule has 3 aliphatic carbocycles. The van der Waals surface area contributed by atoms with Crippen molar-refractivity contribution in [3.05, 3.63) is 11.3 Å². The summed E-state index contributed by atoms with van der Waals surface area (Å²) in [6.45, 7) is 4.51. The molecule has 0 aliphatic heterocycles. The predicted octanol–water partition coefficient (Wildman–Crippen LogP) is 4.18. The van der Waals surface area contributed by atoms with Crippen molar-refractivity contribution in [3.8, 4) is 0 Å². The molecule has 1 heterocycles. The molecule has 0 saturated heterocycles. The summed E-state index contributed by atoms with van der Waals surface area (Å²) in [5, 5.41) is 7.46. The van der Waals surface area contributed by atoms with Crippen molar-refractivity contribution in [3.63, 3.8) is 0 Å². The minimum Gasteiger partial charge on any atom is -0.310 e. The van der Waals surface area contributed by atoms with E-state index in [1.807, 2.05) is 0 Å². The van der Waals surface area contributed by atoms with Gasteiger partial charge in [-0.25, -0.2) is 8.78 Å². The van der Waals surface area contributed by atoms with Gasteiger partial charge in [0.15, 0.2) is 0 Å². The van der Waals surface area contributed by atoms with Gasteiger partial charge in [0.1, 0.15) is 11.7 Å². The highest BCUT2D eigenvalue weighted by molar-refractivity contribution is 5.95. The van der Waals surface area contributed by atoms with Gasteiger partial charge in [0, 0.05) is 24.9 Å². The molecule has 3 saturated carbocycles. The van der Waals surface area contributed by atoms with Crippen molar-refractivity contribution in [1.82, 2.24) is 9.78 Å². The van der Waals surface area contributed by atoms with E-state index in [-0.39, 0.29) is 6.42 Å². The number of nitrogens with one attached hydrogen (secondary N) is 1. The van der Waals surface area contributed by atoms with Gasteiger partial charge in [-0.1, -0.05) is 20.3 Å². The molecule has 6 heteroatoms. The molecule has 1 atom stereocenters. The zero-order chi connectivity index (χ0) is 17.3. The number of rotatable bonds is 4. The average molecular weight is 337 g/mol. The van der Waals surface area contributed by atoms with Gasteiger partial charge in [0.05, 0.1) is 5.69 Å². The second kappa shape index (κ2) is 5.02. The highest BCUT2D eigenvalue weighted by Crippen LogP contribution is 2.54. The molecular weight excluding hydrogens is 312 g/mol. The molecule has 132 valence electrons. The summed E-state index contributed by atoms with van der Waals surface area (Å²) < 4.78 is 28.1. The summed E-state index contributed by atoms with van der Waals surface area (Å²) in [6, 6.07) is 0. The number of anilines is 1. The Labute approximate surface area is 141 Å². The summed E-state index contributed by atoms with van der Waals surface area (Å²) in [5.41, 5.74) is 2.54. The van der Waals surface area contributed by atoms with Crippen molar-refractivity contribution >= 4 is 11.7 Å². The number of nitrogens with zero attached hydrogens (tertiary/aromatic N) is 2. The van der Waals surface area contributed by atoms with Gasteiger partial charge in [0.2, 0.25) is 5.91 Å². The second-order valence-corrected chi connectivity index (χ2v) is 8.68. The Hall–Kier alpha value is -1.46. The summed E-state index contributed by atoms with van der Waals surface area (Å²) in [5.74, 6) is -3.09. The fourth-order valence-corrected chi connectivity index (χ4v) is 4.28. The first-order valence-electron chi connectivity index (χ1n) is 8.93. The van der Waals surface area contributed by atoms with Gasteiger partial charge < -0.3 is 5.32 Å². The van der Waals surface area contributed by atoms with Gasteiger partial charge in [-0.05, 0) is 37.0 Å². The molecule has 1 amide bonds. The van der Waals surface area contributed by atoms with Crippen molar-refractivity contribution < 1.29 is 13.6 Å². The molecule has 3 aliphatic rings. The van der Waals surface area contributed by atoms with E-state index in [9.17, 15) is 13.6 Å². The topological polar surface area (TPSA) is 46.9 Å². The lowest BCUT2D eigenvalue weighted by Gasteiger charge is -2.43. The van der Waals surface area contributed by atoms with E-state index in [0.717, 1.165) is 36.9 Å². The van der Waals surface area contributed by atoms with E-state index in [1.54, 1.807) is 11.7 Å². The maximum atomic E-state index is 13.2. The molecule has 24 heavy (non-hydrogen) atoms. The molecule has 0 spiro atoms. The van der Waals surface area contributed by atoms with Crippen LogP contribution in [0.3, 0.4) is 0 Å². The van der Waals surface area contributed by atoms with Crippen LogP contribution in [0.5, 0.6) is 0 Å². The highest BCUT2D eigenvalue weighted by Gasteiger charge is 2.61. The van der Waals surface area contributed by atoms with Gasteiger partial charge in [-0.3, -0.25) is 9.48 Å². The highest BCUT2D eigenvalue weighted by atomic mass is 19.3. The lowest BCUT2D eigenvalue weighted by molar-refractivity contribution is -0.119. The maximum Gasteiger partial charge on any atom is 0.260 e. The minimum absolute atomic E-state index is 0.334. The third-order valence-electron chi connectivity index (χ3n) is 5.99. The van der Waals surface area contributed by atoms with E-state index in [1.165, 1.54) is 6.42 Å². The van der Waals surface area contributed by atoms with E-state index >= 15 is 0 Å². The molecule has 4 nitrogen and oxygen atoms in total. The standard InChI is InChI=1S/C18H25F2N3O/c1-17(2)7-11(8-17)14-13(10-5-4-6-10)15(23(3)22-14)21-16(24)12-9-18(12,19)20/h10-12H,4-9H2,1-3H3,(H,21,24)/t12-/m0/s1. The molecule has 0 bridgehead atoms. The molecule has 4 rings (SSSR count). The monoisotopic (exact) mass is 337 g/mol. The number of hydrogen-bond acceptors (Lipinski definition) is 2. The zero-order valence-corrected chi connectivity index (χ0v) is 14.5. The van der Waals surface area contributed by atoms with Gasteiger partial charge in [-0.15, -0.1) is 0 Å². The van der Waals surface area contributed by atoms with Crippen molar-refractivity contribution in [1.29, 1.82) is 0 Å². The summed E-state index contributed by atoms with van der Waals surface area (Å²) in [7, 11) is 1.80. The van der Waals surface area contributed by atoms with Gasteiger partial charge in [-0.2, -0.15) is 5.10 Å². The first kappa shape index (κ1) is 16.0.